The quantitative estimate of drug-likeness (QED) is 0.208. The van der Waals surface area contributed by atoms with Crippen LogP contribution in [-0.4, -0.2) is 50.1 Å². The molecule has 0 bridgehead atoms. The van der Waals surface area contributed by atoms with Crippen LogP contribution in [0.4, 0.5) is 11.6 Å². The first kappa shape index (κ1) is 29.0. The Balaban J connectivity index is 1.36. The zero-order chi connectivity index (χ0) is 29.5. The zero-order valence-electron chi connectivity index (χ0n) is 23.7. The van der Waals surface area contributed by atoms with Crippen LogP contribution >= 0.6 is 12.2 Å². The Morgan fingerprint density at radius 2 is 1.79 bits per heavy atom. The van der Waals surface area contributed by atoms with Crippen LogP contribution < -0.4 is 16.4 Å². The second-order valence-corrected chi connectivity index (χ2v) is 11.0. The van der Waals surface area contributed by atoms with E-state index in [0.717, 1.165) is 41.8 Å². The molecule has 0 radical (unpaired) electrons. The van der Waals surface area contributed by atoms with Crippen molar-refractivity contribution in [3.63, 3.8) is 0 Å². The number of carbonyl (C=O) groups excluding carboxylic acids is 1. The summed E-state index contributed by atoms with van der Waals surface area (Å²) < 4.78 is 0. The molecule has 216 valence electrons. The number of para-hydroxylation sites is 1. The summed E-state index contributed by atoms with van der Waals surface area (Å²) in [6, 6.07) is 26.5. The number of hydrogen-bond acceptors (Lipinski definition) is 6. The van der Waals surface area contributed by atoms with E-state index in [2.05, 4.69) is 27.5 Å². The molecule has 0 saturated carbocycles. The number of phenolic OH excluding ortho intramolecular Hbond substituents is 1. The minimum Gasteiger partial charge on any atom is -0.507 e. The number of hydrogen-bond donors (Lipinski definition) is 4. The van der Waals surface area contributed by atoms with Gasteiger partial charge in [-0.1, -0.05) is 61.5 Å². The number of nitrogens with one attached hydrogen (secondary N) is 2. The SMILES string of the molecule is CCc1ccc(O)c(-c2cc(C3CCCN(C(=O)[C@@H](Cc4ccccc4)NC(=S)Nc4ccccc4)C3)nc(N)n2)c1. The number of nitrogens with zero attached hydrogens (tertiary/aromatic N) is 3. The molecular formula is C33H36N6O2S. The van der Waals surface area contributed by atoms with E-state index < -0.39 is 6.04 Å². The van der Waals surface area contributed by atoms with E-state index in [1.54, 1.807) is 6.07 Å². The maximum absolute atomic E-state index is 14.0. The number of carbonyl (C=O) groups is 1. The third-order valence-corrected chi connectivity index (χ3v) is 7.80. The van der Waals surface area contributed by atoms with Gasteiger partial charge in [-0.25, -0.2) is 9.97 Å². The van der Waals surface area contributed by atoms with Gasteiger partial charge in [-0.05, 0) is 72.9 Å². The number of aryl methyl sites for hydroxylation is 1. The molecule has 3 aromatic carbocycles. The lowest BCUT2D eigenvalue weighted by molar-refractivity contribution is -0.134. The Morgan fingerprint density at radius 3 is 2.52 bits per heavy atom. The van der Waals surface area contributed by atoms with Crippen LogP contribution in [0.25, 0.3) is 11.3 Å². The summed E-state index contributed by atoms with van der Waals surface area (Å²) in [5.74, 6) is 0.256. The fraction of sp³-hybridized carbons (Fsp3) is 0.273. The summed E-state index contributed by atoms with van der Waals surface area (Å²) in [6.45, 7) is 3.21. The van der Waals surface area contributed by atoms with Gasteiger partial charge in [0, 0.05) is 36.7 Å². The highest BCUT2D eigenvalue weighted by Crippen LogP contribution is 2.33. The number of aromatic nitrogens is 2. The fourth-order valence-electron chi connectivity index (χ4n) is 5.38. The summed E-state index contributed by atoms with van der Waals surface area (Å²) in [6.07, 6.45) is 3.03. The summed E-state index contributed by atoms with van der Waals surface area (Å²) in [5, 5.41) is 17.4. The molecule has 5 N–H and O–H groups in total. The molecule has 1 saturated heterocycles. The molecule has 5 rings (SSSR count). The predicted molar refractivity (Wildman–Crippen MR) is 171 cm³/mol. The number of benzene rings is 3. The number of nitrogen functional groups attached to an aromatic ring is 1. The maximum atomic E-state index is 14.0. The zero-order valence-corrected chi connectivity index (χ0v) is 24.5. The number of likely N-dealkylation sites (tertiary alicyclic amines) is 1. The van der Waals surface area contributed by atoms with Gasteiger partial charge >= 0.3 is 0 Å². The maximum Gasteiger partial charge on any atom is 0.245 e. The van der Waals surface area contributed by atoms with Crippen molar-refractivity contribution in [3.05, 3.63) is 102 Å². The lowest BCUT2D eigenvalue weighted by Gasteiger charge is -2.35. The third-order valence-electron chi connectivity index (χ3n) is 7.58. The van der Waals surface area contributed by atoms with E-state index in [4.69, 9.17) is 18.0 Å². The highest BCUT2D eigenvalue weighted by molar-refractivity contribution is 7.80. The Labute approximate surface area is 252 Å². The summed E-state index contributed by atoms with van der Waals surface area (Å²) in [7, 11) is 0. The first-order valence-electron chi connectivity index (χ1n) is 14.3. The molecule has 1 aromatic heterocycles. The molecule has 1 amide bonds. The minimum atomic E-state index is -0.547. The lowest BCUT2D eigenvalue weighted by Crippen LogP contribution is -2.52. The van der Waals surface area contributed by atoms with E-state index in [-0.39, 0.29) is 23.5 Å². The van der Waals surface area contributed by atoms with Crippen molar-refractivity contribution >= 4 is 34.9 Å². The highest BCUT2D eigenvalue weighted by atomic mass is 32.1. The van der Waals surface area contributed by atoms with Gasteiger partial charge in [-0.3, -0.25) is 4.79 Å². The Hall–Kier alpha value is -4.50. The smallest absolute Gasteiger partial charge is 0.245 e. The van der Waals surface area contributed by atoms with Crippen molar-refractivity contribution in [2.24, 2.45) is 0 Å². The number of rotatable bonds is 8. The molecule has 0 spiro atoms. The number of nitrogens with two attached hydrogens (primary N) is 1. The Bertz CT molecular complexity index is 1530. The fourth-order valence-corrected chi connectivity index (χ4v) is 5.64. The van der Waals surface area contributed by atoms with Gasteiger partial charge in [-0.15, -0.1) is 0 Å². The van der Waals surface area contributed by atoms with Crippen LogP contribution in [0.5, 0.6) is 5.75 Å². The first-order chi connectivity index (χ1) is 20.4. The van der Waals surface area contributed by atoms with Crippen LogP contribution in [-0.2, 0) is 17.6 Å². The summed E-state index contributed by atoms with van der Waals surface area (Å²) in [4.78, 5) is 24.9. The van der Waals surface area contributed by atoms with Crippen LogP contribution in [0.15, 0.2) is 84.9 Å². The second-order valence-electron chi connectivity index (χ2n) is 10.6. The number of piperidine rings is 1. The molecule has 1 unspecified atom stereocenters. The van der Waals surface area contributed by atoms with Gasteiger partial charge in [0.05, 0.1) is 11.4 Å². The van der Waals surface area contributed by atoms with Crippen molar-refractivity contribution in [1.82, 2.24) is 20.2 Å². The molecule has 2 atom stereocenters. The van der Waals surface area contributed by atoms with E-state index in [1.165, 1.54) is 0 Å². The standard InChI is InChI=1S/C33H36N6O2S/c1-2-22-15-16-30(40)26(18-22)28-20-27(36-32(34)37-28)24-12-9-17-39(21-24)31(41)29(19-23-10-5-3-6-11-23)38-33(42)35-25-13-7-4-8-14-25/h3-8,10-11,13-16,18,20,24,29,40H,2,9,12,17,19,21H2,1H3,(H2,34,36,37)(H2,35,38,42)/t24?,29-/m1/s1. The molecule has 1 aliphatic heterocycles. The average molecular weight is 581 g/mol. The molecular weight excluding hydrogens is 544 g/mol. The Kier molecular flexibility index (Phi) is 9.28. The molecule has 0 aliphatic carbocycles. The van der Waals surface area contributed by atoms with E-state index in [1.807, 2.05) is 83.8 Å². The highest BCUT2D eigenvalue weighted by Gasteiger charge is 2.31. The van der Waals surface area contributed by atoms with Crippen molar-refractivity contribution in [3.8, 4) is 17.0 Å². The topological polar surface area (TPSA) is 116 Å². The Morgan fingerprint density at radius 1 is 1.05 bits per heavy atom. The molecule has 1 aliphatic rings. The summed E-state index contributed by atoms with van der Waals surface area (Å²) >= 11 is 5.61. The number of phenols is 1. The van der Waals surface area contributed by atoms with Gasteiger partial charge < -0.3 is 26.4 Å². The van der Waals surface area contributed by atoms with Gasteiger partial charge in [0.15, 0.2) is 5.11 Å². The summed E-state index contributed by atoms with van der Waals surface area (Å²) in [5.41, 5.74) is 11.1. The van der Waals surface area contributed by atoms with Crippen LogP contribution in [0.2, 0.25) is 0 Å². The van der Waals surface area contributed by atoms with Crippen LogP contribution in [0.3, 0.4) is 0 Å². The average Bonchev–Trinajstić information content (AvgIpc) is 3.01. The van der Waals surface area contributed by atoms with Gasteiger partial charge in [0.1, 0.15) is 11.8 Å². The molecule has 9 heteroatoms. The monoisotopic (exact) mass is 580 g/mol. The molecule has 8 nitrogen and oxygen atoms in total. The van der Waals surface area contributed by atoms with E-state index >= 15 is 0 Å². The van der Waals surface area contributed by atoms with Crippen molar-refractivity contribution in [2.75, 3.05) is 24.1 Å². The second kappa shape index (κ2) is 13.4. The lowest BCUT2D eigenvalue weighted by atomic mass is 9.92. The normalized spacial score (nSPS) is 15.5. The first-order valence-corrected chi connectivity index (χ1v) is 14.7. The van der Waals surface area contributed by atoms with Crippen molar-refractivity contribution in [2.45, 2.75) is 44.6 Å². The number of thiocarbonyl (C=S) groups is 1. The molecule has 2 heterocycles. The van der Waals surface area contributed by atoms with Gasteiger partial charge in [-0.2, -0.15) is 0 Å². The van der Waals surface area contributed by atoms with Gasteiger partial charge in [0.25, 0.3) is 0 Å². The number of amides is 1. The molecule has 1 fully saturated rings. The van der Waals surface area contributed by atoms with Crippen LogP contribution in [0.1, 0.15) is 42.5 Å². The van der Waals surface area contributed by atoms with E-state index in [0.29, 0.717) is 35.9 Å². The molecule has 4 aromatic rings. The molecule has 42 heavy (non-hydrogen) atoms. The van der Waals surface area contributed by atoms with Crippen molar-refractivity contribution in [1.29, 1.82) is 0 Å². The van der Waals surface area contributed by atoms with Gasteiger partial charge in [0.2, 0.25) is 11.9 Å². The number of aromatic hydroxyl groups is 1. The third kappa shape index (κ3) is 7.22. The van der Waals surface area contributed by atoms with Crippen molar-refractivity contribution < 1.29 is 9.90 Å². The van der Waals surface area contributed by atoms with Crippen LogP contribution in [0, 0.1) is 0 Å². The number of anilines is 2. The largest absolute Gasteiger partial charge is 0.507 e. The predicted octanol–water partition coefficient (Wildman–Crippen LogP) is 5.30. The minimum absolute atomic E-state index is 0.0173. The van der Waals surface area contributed by atoms with E-state index in [9.17, 15) is 9.90 Å².